The number of hydrogen-bond acceptors (Lipinski definition) is 5. The molecular formula is C32H38Cl2N4O. The summed E-state index contributed by atoms with van der Waals surface area (Å²) in [7, 11) is 0. The molecule has 0 amide bonds. The van der Waals surface area contributed by atoms with Crippen LogP contribution in [-0.4, -0.2) is 54.9 Å². The minimum absolute atomic E-state index is 0.343. The molecule has 2 aromatic carbocycles. The number of hydrogen-bond donors (Lipinski definition) is 2. The number of aromatic nitrogens is 1. The average molecular weight is 566 g/mol. The molecule has 0 atom stereocenters. The van der Waals surface area contributed by atoms with Gasteiger partial charge >= 0.3 is 0 Å². The van der Waals surface area contributed by atoms with Crippen molar-refractivity contribution < 1.29 is 4.74 Å². The van der Waals surface area contributed by atoms with E-state index in [9.17, 15) is 0 Å². The predicted molar refractivity (Wildman–Crippen MR) is 164 cm³/mol. The molecule has 6 rings (SSSR count). The minimum atomic E-state index is 0.343. The summed E-state index contributed by atoms with van der Waals surface area (Å²) in [5.74, 6) is 0.566. The van der Waals surface area contributed by atoms with Gasteiger partial charge in [0.05, 0.1) is 24.0 Å². The Kier molecular flexibility index (Phi) is 8.15. The molecule has 0 bridgehead atoms. The number of fused-ring (bicyclic) bond motifs is 1. The van der Waals surface area contributed by atoms with Crippen LogP contribution in [0.2, 0.25) is 10.0 Å². The summed E-state index contributed by atoms with van der Waals surface area (Å²) in [5, 5.41) is 9.86. The largest absolute Gasteiger partial charge is 0.381 e. The number of ether oxygens (including phenoxy) is 1. The number of halogens is 2. The molecule has 3 fully saturated rings. The quantitative estimate of drug-likeness (QED) is 0.296. The van der Waals surface area contributed by atoms with Crippen LogP contribution in [-0.2, 0) is 4.74 Å². The standard InChI is InChI=1S/C32H38Cl2N4O/c1-20(22-3-4-22)28-18-36-31-10-5-23(24-16-29(33)21(2)30(34)17-24)15-27(31)32(28)37-25-6-8-26(9-7-25)39-19-38-13-11-35-12-14-38/h5,10,15-18,22,25-26,35H,1,3-4,6-9,11-14,19H2,2H3,(H,36,37). The van der Waals surface area contributed by atoms with E-state index in [1.807, 2.05) is 25.3 Å². The molecule has 2 N–H and O–H groups in total. The van der Waals surface area contributed by atoms with Crippen molar-refractivity contribution in [1.29, 1.82) is 0 Å². The summed E-state index contributed by atoms with van der Waals surface area (Å²) in [6.07, 6.45) is 9.14. The van der Waals surface area contributed by atoms with Crippen molar-refractivity contribution >= 4 is 45.4 Å². The lowest BCUT2D eigenvalue weighted by atomic mass is 9.91. The maximum absolute atomic E-state index is 6.50. The summed E-state index contributed by atoms with van der Waals surface area (Å²) < 4.78 is 6.31. The Hall–Kier alpha value is -2.15. The topological polar surface area (TPSA) is 49.4 Å². The van der Waals surface area contributed by atoms with E-state index in [4.69, 9.17) is 32.9 Å². The van der Waals surface area contributed by atoms with Gasteiger partial charge in [-0.05, 0) is 97.9 Å². The number of anilines is 1. The lowest BCUT2D eigenvalue weighted by molar-refractivity contribution is -0.0413. The van der Waals surface area contributed by atoms with Gasteiger partial charge in [-0.25, -0.2) is 0 Å². The Morgan fingerprint density at radius 2 is 1.74 bits per heavy atom. The molecule has 2 aliphatic carbocycles. The zero-order valence-electron chi connectivity index (χ0n) is 22.7. The molecule has 0 radical (unpaired) electrons. The summed E-state index contributed by atoms with van der Waals surface area (Å²) in [4.78, 5) is 7.26. The highest BCUT2D eigenvalue weighted by Gasteiger charge is 2.29. The second-order valence-corrected chi connectivity index (χ2v) is 12.2. The molecule has 3 aliphatic rings. The van der Waals surface area contributed by atoms with Crippen molar-refractivity contribution in [1.82, 2.24) is 15.2 Å². The fraction of sp³-hybridized carbons (Fsp3) is 0.469. The molecule has 0 unspecified atom stereocenters. The van der Waals surface area contributed by atoms with Crippen molar-refractivity contribution in [2.75, 3.05) is 38.2 Å². The van der Waals surface area contributed by atoms with E-state index < -0.39 is 0 Å². The van der Waals surface area contributed by atoms with Gasteiger partial charge in [0.1, 0.15) is 0 Å². The molecule has 7 heteroatoms. The molecule has 1 saturated heterocycles. The predicted octanol–water partition coefficient (Wildman–Crippen LogP) is 7.54. The second-order valence-electron chi connectivity index (χ2n) is 11.4. The highest BCUT2D eigenvalue weighted by molar-refractivity contribution is 6.36. The highest BCUT2D eigenvalue weighted by atomic mass is 35.5. The molecule has 206 valence electrons. The van der Waals surface area contributed by atoms with E-state index >= 15 is 0 Å². The number of piperazine rings is 1. The molecule has 5 nitrogen and oxygen atoms in total. The SMILES string of the molecule is C=C(c1cnc2ccc(-c3cc(Cl)c(C)c(Cl)c3)cc2c1NC1CCC(OCN2CCNCC2)CC1)C1CC1. The zero-order chi connectivity index (χ0) is 26.9. The Labute approximate surface area is 241 Å². The van der Waals surface area contributed by atoms with Gasteiger partial charge in [0.2, 0.25) is 0 Å². The molecule has 2 heterocycles. The number of benzene rings is 2. The number of allylic oxidation sites excluding steroid dienone is 1. The molecule has 1 aliphatic heterocycles. The van der Waals surface area contributed by atoms with Crippen molar-refractivity contribution in [3.05, 3.63) is 64.3 Å². The monoisotopic (exact) mass is 564 g/mol. The maximum atomic E-state index is 6.50. The van der Waals surface area contributed by atoms with E-state index in [1.165, 1.54) is 18.4 Å². The van der Waals surface area contributed by atoms with Gasteiger partial charge in [-0.1, -0.05) is 35.8 Å². The Bertz CT molecular complexity index is 1330. The van der Waals surface area contributed by atoms with E-state index in [0.29, 0.717) is 28.1 Å². The van der Waals surface area contributed by atoms with Gasteiger partial charge in [0, 0.05) is 59.4 Å². The fourth-order valence-electron chi connectivity index (χ4n) is 5.86. The van der Waals surface area contributed by atoms with Gasteiger partial charge in [-0.2, -0.15) is 0 Å². The van der Waals surface area contributed by atoms with E-state index in [1.54, 1.807) is 0 Å². The van der Waals surface area contributed by atoms with Crippen molar-refractivity contribution in [3.63, 3.8) is 0 Å². The van der Waals surface area contributed by atoms with Crippen LogP contribution in [0.25, 0.3) is 27.6 Å². The summed E-state index contributed by atoms with van der Waals surface area (Å²) in [6, 6.07) is 10.8. The average Bonchev–Trinajstić information content (AvgIpc) is 3.81. The molecule has 39 heavy (non-hydrogen) atoms. The first-order valence-electron chi connectivity index (χ1n) is 14.4. The number of nitrogens with one attached hydrogen (secondary N) is 2. The Morgan fingerprint density at radius 1 is 1.03 bits per heavy atom. The first kappa shape index (κ1) is 27.0. The minimum Gasteiger partial charge on any atom is -0.381 e. The van der Waals surface area contributed by atoms with Gasteiger partial charge in [0.25, 0.3) is 0 Å². The van der Waals surface area contributed by atoms with Crippen LogP contribution in [0.1, 0.15) is 49.7 Å². The Balaban J connectivity index is 1.24. The summed E-state index contributed by atoms with van der Waals surface area (Å²) in [5.41, 5.74) is 7.49. The normalized spacial score (nSPS) is 22.2. The van der Waals surface area contributed by atoms with E-state index in [0.717, 1.165) is 97.4 Å². The van der Waals surface area contributed by atoms with Crippen molar-refractivity contribution in [2.45, 2.75) is 57.6 Å². The summed E-state index contributed by atoms with van der Waals surface area (Å²) >= 11 is 13.0. The number of pyridine rings is 1. The van der Waals surface area contributed by atoms with Gasteiger partial charge < -0.3 is 15.4 Å². The number of rotatable bonds is 8. The Morgan fingerprint density at radius 3 is 2.44 bits per heavy atom. The van der Waals surface area contributed by atoms with Crippen molar-refractivity contribution in [3.8, 4) is 11.1 Å². The van der Waals surface area contributed by atoms with Gasteiger partial charge in [0.15, 0.2) is 0 Å². The molecule has 0 spiro atoms. The maximum Gasteiger partial charge on any atom is 0.0994 e. The van der Waals surface area contributed by atoms with Crippen LogP contribution in [0.3, 0.4) is 0 Å². The lowest BCUT2D eigenvalue weighted by Crippen LogP contribution is -2.45. The zero-order valence-corrected chi connectivity index (χ0v) is 24.3. The van der Waals surface area contributed by atoms with E-state index in [-0.39, 0.29) is 0 Å². The fourth-order valence-corrected chi connectivity index (χ4v) is 6.35. The van der Waals surface area contributed by atoms with Crippen LogP contribution < -0.4 is 10.6 Å². The van der Waals surface area contributed by atoms with Crippen molar-refractivity contribution in [2.24, 2.45) is 5.92 Å². The third kappa shape index (κ3) is 6.13. The van der Waals surface area contributed by atoms with Crippen LogP contribution in [0.5, 0.6) is 0 Å². The first-order valence-corrected chi connectivity index (χ1v) is 15.1. The third-order valence-corrected chi connectivity index (χ3v) is 9.41. The molecule has 2 saturated carbocycles. The van der Waals surface area contributed by atoms with Gasteiger partial charge in [-0.15, -0.1) is 0 Å². The van der Waals surface area contributed by atoms with E-state index in [2.05, 4.69) is 40.3 Å². The third-order valence-electron chi connectivity index (χ3n) is 8.62. The number of nitrogens with zero attached hydrogens (tertiary/aromatic N) is 2. The second kappa shape index (κ2) is 11.8. The van der Waals surface area contributed by atoms with Gasteiger partial charge in [-0.3, -0.25) is 9.88 Å². The first-order chi connectivity index (χ1) is 19.0. The highest BCUT2D eigenvalue weighted by Crippen LogP contribution is 2.45. The van der Waals surface area contributed by atoms with Crippen LogP contribution in [0, 0.1) is 12.8 Å². The summed E-state index contributed by atoms with van der Waals surface area (Å²) in [6.45, 7) is 11.4. The molecule has 3 aromatic rings. The van der Waals surface area contributed by atoms with Crippen LogP contribution in [0.4, 0.5) is 5.69 Å². The molecular weight excluding hydrogens is 527 g/mol. The lowest BCUT2D eigenvalue weighted by Gasteiger charge is -2.33. The van der Waals surface area contributed by atoms with Crippen LogP contribution in [0.15, 0.2) is 43.1 Å². The van der Waals surface area contributed by atoms with Crippen LogP contribution >= 0.6 is 23.2 Å². The molecule has 1 aromatic heterocycles. The smallest absolute Gasteiger partial charge is 0.0994 e.